The number of nitrogens with one attached hydrogen (secondary N) is 2. The number of pyridine rings is 1. The second kappa shape index (κ2) is 8.17. The first-order chi connectivity index (χ1) is 13.8. The summed E-state index contributed by atoms with van der Waals surface area (Å²) >= 11 is 0. The lowest BCUT2D eigenvalue weighted by molar-refractivity contribution is -0.121. The summed E-state index contributed by atoms with van der Waals surface area (Å²) in [5, 5.41) is 5.42. The van der Waals surface area contributed by atoms with Crippen molar-refractivity contribution < 1.29 is 14.3 Å². The van der Waals surface area contributed by atoms with Crippen LogP contribution < -0.4 is 21.1 Å². The average molecular weight is 397 g/mol. The Bertz CT molecular complexity index is 1150. The topological polar surface area (TPSA) is 107 Å². The van der Waals surface area contributed by atoms with Crippen molar-refractivity contribution in [1.29, 1.82) is 0 Å². The summed E-state index contributed by atoms with van der Waals surface area (Å²) in [7, 11) is 4.81. The third-order valence-electron chi connectivity index (χ3n) is 4.58. The highest BCUT2D eigenvalue weighted by atomic mass is 16.5. The van der Waals surface area contributed by atoms with Crippen LogP contribution in [0.15, 0.2) is 35.1 Å². The van der Waals surface area contributed by atoms with E-state index >= 15 is 0 Å². The van der Waals surface area contributed by atoms with Gasteiger partial charge in [-0.25, -0.2) is 9.78 Å². The Kier molecular flexibility index (Phi) is 5.67. The second-order valence-corrected chi connectivity index (χ2v) is 6.74. The van der Waals surface area contributed by atoms with Gasteiger partial charge in [0.05, 0.1) is 18.3 Å². The van der Waals surface area contributed by atoms with Gasteiger partial charge >= 0.3 is 5.69 Å². The molecule has 3 aromatic rings. The molecule has 2 heterocycles. The maximum Gasteiger partial charge on any atom is 0.329 e. The molecule has 0 saturated heterocycles. The first-order valence-corrected chi connectivity index (χ1v) is 9.07. The molecule has 0 radical (unpaired) electrons. The molecule has 0 atom stereocenters. The maximum atomic E-state index is 12.2. The lowest BCUT2D eigenvalue weighted by atomic mass is 10.2. The molecule has 9 nitrogen and oxygen atoms in total. The Balaban J connectivity index is 1.61. The van der Waals surface area contributed by atoms with Crippen LogP contribution >= 0.6 is 0 Å². The van der Waals surface area contributed by atoms with E-state index < -0.39 is 0 Å². The zero-order chi connectivity index (χ0) is 21.1. The quantitative estimate of drug-likeness (QED) is 0.661. The number of benzene rings is 1. The highest BCUT2D eigenvalue weighted by Crippen LogP contribution is 2.25. The number of nitrogens with zero attached hydrogens (tertiary/aromatic N) is 3. The van der Waals surface area contributed by atoms with E-state index in [9.17, 15) is 14.4 Å². The first-order valence-electron chi connectivity index (χ1n) is 9.07. The van der Waals surface area contributed by atoms with Gasteiger partial charge in [-0.1, -0.05) is 6.07 Å². The van der Waals surface area contributed by atoms with Gasteiger partial charge in [0.1, 0.15) is 11.6 Å². The van der Waals surface area contributed by atoms with Crippen LogP contribution in [0.4, 0.5) is 11.5 Å². The fourth-order valence-electron chi connectivity index (χ4n) is 3.00. The molecule has 0 bridgehead atoms. The number of fused-ring (bicyclic) bond motifs is 1. The zero-order valence-corrected chi connectivity index (χ0v) is 16.8. The normalized spacial score (nSPS) is 10.8. The second-order valence-electron chi connectivity index (χ2n) is 6.74. The van der Waals surface area contributed by atoms with Gasteiger partial charge in [-0.15, -0.1) is 0 Å². The predicted molar refractivity (Wildman–Crippen MR) is 110 cm³/mol. The number of rotatable bonds is 6. The highest BCUT2D eigenvalue weighted by molar-refractivity contribution is 5.97. The number of amides is 2. The van der Waals surface area contributed by atoms with E-state index in [1.165, 1.54) is 16.2 Å². The number of carbonyl (C=O) groups excluding carboxylic acids is 2. The molecule has 2 aromatic heterocycles. The molecule has 9 heteroatoms. The van der Waals surface area contributed by atoms with Crippen LogP contribution in [0.3, 0.4) is 0 Å². The summed E-state index contributed by atoms with van der Waals surface area (Å²) in [6.45, 7) is 1.91. The molecule has 0 aliphatic rings. The molecule has 0 saturated carbocycles. The van der Waals surface area contributed by atoms with E-state index in [1.807, 2.05) is 13.0 Å². The van der Waals surface area contributed by atoms with E-state index in [1.54, 1.807) is 38.4 Å². The molecule has 29 heavy (non-hydrogen) atoms. The van der Waals surface area contributed by atoms with Crippen LogP contribution in [-0.4, -0.2) is 33.0 Å². The number of ether oxygens (including phenoxy) is 1. The lowest BCUT2D eigenvalue weighted by Crippen LogP contribution is -2.19. The van der Waals surface area contributed by atoms with Crippen LogP contribution in [0.1, 0.15) is 18.4 Å². The van der Waals surface area contributed by atoms with Crippen molar-refractivity contribution in [2.75, 3.05) is 17.7 Å². The van der Waals surface area contributed by atoms with Crippen LogP contribution in [0, 0.1) is 6.92 Å². The standard InChI is InChI=1S/C20H23N5O4/c1-12-5-7-15(29-4)13(11-12)21-17(26)9-10-18(27)22-16-8-6-14-19(23-16)25(3)20(28)24(14)2/h5-8,11H,9-10H2,1-4H3,(H,21,26)(H,22,23,27). The lowest BCUT2D eigenvalue weighted by Gasteiger charge is -2.11. The number of hydrogen-bond acceptors (Lipinski definition) is 5. The SMILES string of the molecule is COc1ccc(C)cc1NC(=O)CCC(=O)Nc1ccc2c(n1)n(C)c(=O)n2C. The Morgan fingerprint density at radius 2 is 1.72 bits per heavy atom. The van der Waals surface area contributed by atoms with E-state index in [2.05, 4.69) is 15.6 Å². The van der Waals surface area contributed by atoms with E-state index in [0.29, 0.717) is 28.4 Å². The van der Waals surface area contributed by atoms with Crippen molar-refractivity contribution in [3.8, 4) is 5.75 Å². The molecule has 0 aliphatic carbocycles. The molecule has 2 amide bonds. The van der Waals surface area contributed by atoms with Crippen molar-refractivity contribution in [2.45, 2.75) is 19.8 Å². The minimum atomic E-state index is -0.343. The molecular weight excluding hydrogens is 374 g/mol. The van der Waals surface area contributed by atoms with Gasteiger partial charge in [-0.05, 0) is 36.8 Å². The van der Waals surface area contributed by atoms with Gasteiger partial charge in [-0.2, -0.15) is 0 Å². The number of hydrogen-bond donors (Lipinski definition) is 2. The molecule has 0 unspecified atom stereocenters. The fourth-order valence-corrected chi connectivity index (χ4v) is 3.00. The largest absolute Gasteiger partial charge is 0.495 e. The highest BCUT2D eigenvalue weighted by Gasteiger charge is 2.13. The Labute approximate surface area is 167 Å². The third kappa shape index (κ3) is 4.29. The number of imidazole rings is 1. The number of aryl methyl sites for hydroxylation is 3. The van der Waals surface area contributed by atoms with Gasteiger partial charge in [0.2, 0.25) is 11.8 Å². The Hall–Kier alpha value is -3.62. The predicted octanol–water partition coefficient (Wildman–Crippen LogP) is 1.95. The molecule has 1 aromatic carbocycles. The molecule has 3 rings (SSSR count). The summed E-state index contributed by atoms with van der Waals surface area (Å²) < 4.78 is 8.13. The third-order valence-corrected chi connectivity index (χ3v) is 4.58. The number of anilines is 2. The van der Waals surface area contributed by atoms with E-state index in [0.717, 1.165) is 5.56 Å². The number of aromatic nitrogens is 3. The summed E-state index contributed by atoms with van der Waals surface area (Å²) in [4.78, 5) is 40.7. The summed E-state index contributed by atoms with van der Waals surface area (Å²) in [6, 6.07) is 8.80. The van der Waals surface area contributed by atoms with Crippen LogP contribution in [-0.2, 0) is 23.7 Å². The van der Waals surface area contributed by atoms with Gasteiger partial charge in [0, 0.05) is 26.9 Å². The fraction of sp³-hybridized carbons (Fsp3) is 0.300. The number of carbonyl (C=O) groups is 2. The van der Waals surface area contributed by atoms with Crippen molar-refractivity contribution in [2.24, 2.45) is 14.1 Å². The van der Waals surface area contributed by atoms with E-state index in [-0.39, 0.29) is 30.3 Å². The first kappa shape index (κ1) is 20.1. The van der Waals surface area contributed by atoms with Gasteiger partial charge < -0.3 is 15.4 Å². The van der Waals surface area contributed by atoms with Gasteiger partial charge in [0.25, 0.3) is 0 Å². The maximum absolute atomic E-state index is 12.2. The van der Waals surface area contributed by atoms with Crippen LogP contribution in [0.2, 0.25) is 0 Å². The average Bonchev–Trinajstić information content (AvgIpc) is 2.90. The summed E-state index contributed by atoms with van der Waals surface area (Å²) in [6.07, 6.45) is 0.00238. The van der Waals surface area contributed by atoms with Crippen LogP contribution in [0.5, 0.6) is 5.75 Å². The van der Waals surface area contributed by atoms with Crippen molar-refractivity contribution in [3.63, 3.8) is 0 Å². The minimum absolute atomic E-state index is 0.00655. The van der Waals surface area contributed by atoms with Crippen molar-refractivity contribution in [1.82, 2.24) is 14.1 Å². The molecule has 0 aliphatic heterocycles. The van der Waals surface area contributed by atoms with Crippen molar-refractivity contribution >= 4 is 34.5 Å². The monoisotopic (exact) mass is 397 g/mol. The number of methoxy groups -OCH3 is 1. The molecule has 2 N–H and O–H groups in total. The Morgan fingerprint density at radius 1 is 1.03 bits per heavy atom. The van der Waals surface area contributed by atoms with Gasteiger partial charge in [0.15, 0.2) is 5.65 Å². The smallest absolute Gasteiger partial charge is 0.329 e. The molecule has 0 spiro atoms. The Morgan fingerprint density at radius 3 is 2.41 bits per heavy atom. The summed E-state index contributed by atoms with van der Waals surface area (Å²) in [5.74, 6) is 0.242. The molecule has 0 fully saturated rings. The minimum Gasteiger partial charge on any atom is -0.495 e. The molecule has 152 valence electrons. The molecular formula is C20H23N5O4. The van der Waals surface area contributed by atoms with Crippen LogP contribution in [0.25, 0.3) is 11.2 Å². The zero-order valence-electron chi connectivity index (χ0n) is 16.8. The summed E-state index contributed by atoms with van der Waals surface area (Å²) in [5.41, 5.74) is 2.49. The van der Waals surface area contributed by atoms with Gasteiger partial charge in [-0.3, -0.25) is 18.7 Å². The van der Waals surface area contributed by atoms with Crippen molar-refractivity contribution in [3.05, 3.63) is 46.4 Å². The van der Waals surface area contributed by atoms with E-state index in [4.69, 9.17) is 4.74 Å².